The lowest BCUT2D eigenvalue weighted by molar-refractivity contribution is -0.402. The number of furan rings is 1. The Balaban J connectivity index is 2.00. The Morgan fingerprint density at radius 1 is 1.30 bits per heavy atom. The Kier molecular flexibility index (Phi) is 4.20. The minimum atomic E-state index is -0.531. The molecule has 1 atom stereocenters. The molecule has 1 heterocycles. The van der Waals surface area contributed by atoms with Crippen molar-refractivity contribution in [3.8, 4) is 0 Å². The first-order chi connectivity index (χ1) is 9.47. The summed E-state index contributed by atoms with van der Waals surface area (Å²) in [5.41, 5.74) is 3.69. The molecule has 2 aromatic rings. The summed E-state index contributed by atoms with van der Waals surface area (Å²) in [4.78, 5) is 10.0. The van der Waals surface area contributed by atoms with Crippen LogP contribution in [0.25, 0.3) is 0 Å². The minimum Gasteiger partial charge on any atom is -0.404 e. The third kappa shape index (κ3) is 3.24. The molecule has 0 spiro atoms. The SMILES string of the molecule is Cc1ccc(C(C)NCc2ccc([N+](=O)[O-])o2)c(C)c1. The van der Waals surface area contributed by atoms with Crippen LogP contribution in [0.15, 0.2) is 34.7 Å². The Bertz CT molecular complexity index is 619. The van der Waals surface area contributed by atoms with Gasteiger partial charge in [0.25, 0.3) is 0 Å². The molecule has 0 fully saturated rings. The first-order valence-electron chi connectivity index (χ1n) is 6.51. The average molecular weight is 274 g/mol. The van der Waals surface area contributed by atoms with Crippen molar-refractivity contribution in [1.29, 1.82) is 0 Å². The van der Waals surface area contributed by atoms with Crippen LogP contribution in [0.2, 0.25) is 0 Å². The molecule has 0 bridgehead atoms. The van der Waals surface area contributed by atoms with Crippen LogP contribution in [0.1, 0.15) is 35.4 Å². The normalized spacial score (nSPS) is 12.3. The second-order valence-electron chi connectivity index (χ2n) is 4.96. The predicted octanol–water partition coefficient (Wildman–Crippen LogP) is 3.66. The Labute approximate surface area is 117 Å². The van der Waals surface area contributed by atoms with Crippen molar-refractivity contribution in [2.24, 2.45) is 0 Å². The van der Waals surface area contributed by atoms with Gasteiger partial charge in [0.2, 0.25) is 0 Å². The number of rotatable bonds is 5. The van der Waals surface area contributed by atoms with Gasteiger partial charge in [0.15, 0.2) is 0 Å². The summed E-state index contributed by atoms with van der Waals surface area (Å²) in [6.07, 6.45) is 0. The van der Waals surface area contributed by atoms with E-state index in [2.05, 4.69) is 44.3 Å². The highest BCUT2D eigenvalue weighted by Gasteiger charge is 2.13. The van der Waals surface area contributed by atoms with E-state index >= 15 is 0 Å². The zero-order valence-corrected chi connectivity index (χ0v) is 11.8. The van der Waals surface area contributed by atoms with E-state index in [0.29, 0.717) is 12.3 Å². The summed E-state index contributed by atoms with van der Waals surface area (Å²) < 4.78 is 5.12. The number of nitrogens with zero attached hydrogens (tertiary/aromatic N) is 1. The maximum atomic E-state index is 10.5. The van der Waals surface area contributed by atoms with Gasteiger partial charge in [-0.3, -0.25) is 10.1 Å². The van der Waals surface area contributed by atoms with E-state index in [1.54, 1.807) is 6.07 Å². The van der Waals surface area contributed by atoms with Gasteiger partial charge in [-0.1, -0.05) is 23.8 Å². The van der Waals surface area contributed by atoms with Gasteiger partial charge >= 0.3 is 5.88 Å². The molecule has 1 aromatic heterocycles. The molecule has 5 nitrogen and oxygen atoms in total. The molecule has 0 aliphatic carbocycles. The molecule has 1 N–H and O–H groups in total. The van der Waals surface area contributed by atoms with Crippen molar-refractivity contribution in [2.45, 2.75) is 33.4 Å². The van der Waals surface area contributed by atoms with Crippen molar-refractivity contribution < 1.29 is 9.34 Å². The molecule has 0 amide bonds. The lowest BCUT2D eigenvalue weighted by Gasteiger charge is -2.16. The average Bonchev–Trinajstić information content (AvgIpc) is 2.85. The van der Waals surface area contributed by atoms with Gasteiger partial charge < -0.3 is 9.73 Å². The Morgan fingerprint density at radius 2 is 2.05 bits per heavy atom. The van der Waals surface area contributed by atoms with Crippen molar-refractivity contribution in [1.82, 2.24) is 5.32 Å². The van der Waals surface area contributed by atoms with Crippen LogP contribution in [0.3, 0.4) is 0 Å². The van der Waals surface area contributed by atoms with Gasteiger partial charge in [-0.25, -0.2) is 0 Å². The minimum absolute atomic E-state index is 0.153. The summed E-state index contributed by atoms with van der Waals surface area (Å²) >= 11 is 0. The Hall–Kier alpha value is -2.14. The topological polar surface area (TPSA) is 68.3 Å². The lowest BCUT2D eigenvalue weighted by atomic mass is 10.0. The van der Waals surface area contributed by atoms with Gasteiger partial charge in [0.1, 0.15) is 10.7 Å². The highest BCUT2D eigenvalue weighted by Crippen LogP contribution is 2.20. The zero-order valence-electron chi connectivity index (χ0n) is 11.8. The second kappa shape index (κ2) is 5.88. The van der Waals surface area contributed by atoms with Crippen molar-refractivity contribution in [3.63, 3.8) is 0 Å². The summed E-state index contributed by atoms with van der Waals surface area (Å²) in [6.45, 7) is 6.67. The fraction of sp³-hybridized carbons (Fsp3) is 0.333. The fourth-order valence-corrected chi connectivity index (χ4v) is 2.23. The molecule has 5 heteroatoms. The van der Waals surface area contributed by atoms with E-state index in [1.807, 2.05) is 0 Å². The second-order valence-corrected chi connectivity index (χ2v) is 4.96. The molecule has 1 unspecified atom stereocenters. The van der Waals surface area contributed by atoms with Crippen LogP contribution >= 0.6 is 0 Å². The van der Waals surface area contributed by atoms with Gasteiger partial charge in [-0.05, 0) is 38.0 Å². The van der Waals surface area contributed by atoms with E-state index in [4.69, 9.17) is 4.42 Å². The lowest BCUT2D eigenvalue weighted by Crippen LogP contribution is -2.18. The molecule has 0 saturated carbocycles. The highest BCUT2D eigenvalue weighted by atomic mass is 16.6. The number of hydrogen-bond acceptors (Lipinski definition) is 4. The van der Waals surface area contributed by atoms with E-state index in [0.717, 1.165) is 0 Å². The molecule has 1 aromatic carbocycles. The van der Waals surface area contributed by atoms with Crippen LogP contribution in [0.4, 0.5) is 5.88 Å². The van der Waals surface area contributed by atoms with Crippen LogP contribution in [-0.4, -0.2) is 4.92 Å². The van der Waals surface area contributed by atoms with Crippen LogP contribution < -0.4 is 5.32 Å². The fourth-order valence-electron chi connectivity index (χ4n) is 2.23. The molecule has 0 saturated heterocycles. The Morgan fingerprint density at radius 3 is 2.65 bits per heavy atom. The molecule has 20 heavy (non-hydrogen) atoms. The molecule has 0 aliphatic heterocycles. The van der Waals surface area contributed by atoms with Crippen molar-refractivity contribution in [3.05, 3.63) is 62.9 Å². The summed E-state index contributed by atoms with van der Waals surface area (Å²) in [7, 11) is 0. The van der Waals surface area contributed by atoms with E-state index < -0.39 is 4.92 Å². The van der Waals surface area contributed by atoms with Crippen molar-refractivity contribution in [2.75, 3.05) is 0 Å². The summed E-state index contributed by atoms with van der Waals surface area (Å²) in [5, 5.41) is 13.9. The monoisotopic (exact) mass is 274 g/mol. The molecule has 2 rings (SSSR count). The number of benzene rings is 1. The smallest absolute Gasteiger partial charge is 0.404 e. The third-order valence-corrected chi connectivity index (χ3v) is 3.30. The quantitative estimate of drug-likeness (QED) is 0.667. The maximum absolute atomic E-state index is 10.5. The molecular formula is C15H18N2O3. The number of nitro groups is 1. The molecular weight excluding hydrogens is 256 g/mol. The van der Waals surface area contributed by atoms with Crippen LogP contribution in [0, 0.1) is 24.0 Å². The molecule has 0 aliphatic rings. The number of nitrogens with one attached hydrogen (secondary N) is 1. The third-order valence-electron chi connectivity index (χ3n) is 3.30. The summed E-state index contributed by atoms with van der Waals surface area (Å²) in [6, 6.07) is 9.48. The van der Waals surface area contributed by atoms with Crippen molar-refractivity contribution >= 4 is 5.88 Å². The van der Waals surface area contributed by atoms with Gasteiger partial charge in [-0.2, -0.15) is 0 Å². The zero-order chi connectivity index (χ0) is 14.7. The maximum Gasteiger partial charge on any atom is 0.433 e. The first kappa shape index (κ1) is 14.3. The molecule has 0 radical (unpaired) electrons. The van der Waals surface area contributed by atoms with E-state index in [9.17, 15) is 10.1 Å². The molecule has 106 valence electrons. The largest absolute Gasteiger partial charge is 0.433 e. The van der Waals surface area contributed by atoms with E-state index in [1.165, 1.54) is 22.8 Å². The van der Waals surface area contributed by atoms with Crippen LogP contribution in [-0.2, 0) is 6.54 Å². The van der Waals surface area contributed by atoms with Gasteiger partial charge in [0.05, 0.1) is 12.6 Å². The first-order valence-corrected chi connectivity index (χ1v) is 6.51. The summed E-state index contributed by atoms with van der Waals surface area (Å²) in [5.74, 6) is 0.342. The highest BCUT2D eigenvalue weighted by molar-refractivity contribution is 5.32. The number of hydrogen-bond donors (Lipinski definition) is 1. The van der Waals surface area contributed by atoms with Gasteiger partial charge in [-0.15, -0.1) is 0 Å². The van der Waals surface area contributed by atoms with Crippen LogP contribution in [0.5, 0.6) is 0 Å². The van der Waals surface area contributed by atoms with E-state index in [-0.39, 0.29) is 11.9 Å². The standard InChI is InChI=1S/C15H18N2O3/c1-10-4-6-14(11(2)8-10)12(3)16-9-13-5-7-15(20-13)17(18)19/h4-8,12,16H,9H2,1-3H3. The number of aryl methyl sites for hydroxylation is 2. The van der Waals surface area contributed by atoms with Gasteiger partial charge in [0, 0.05) is 6.04 Å². The predicted molar refractivity (Wildman–Crippen MR) is 76.5 cm³/mol.